The molecule has 174 valence electrons. The number of alkyl halides is 3. The van der Waals surface area contributed by atoms with Gasteiger partial charge in [-0.2, -0.15) is 13.2 Å². The maximum absolute atomic E-state index is 13.0. The van der Waals surface area contributed by atoms with E-state index in [1.54, 1.807) is 4.68 Å². The SMILES string of the molecule is Cc1cc(C)nc(SCc2c(C(=O)Nc3ccc(C(F)(F)F)cc3)nnn2-c2ccccc2)n1. The van der Waals surface area contributed by atoms with Crippen molar-refractivity contribution in [1.82, 2.24) is 25.0 Å². The minimum absolute atomic E-state index is 0.0561. The summed E-state index contributed by atoms with van der Waals surface area (Å²) in [5, 5.41) is 11.3. The van der Waals surface area contributed by atoms with Crippen molar-refractivity contribution in [3.8, 4) is 5.69 Å². The van der Waals surface area contributed by atoms with Crippen LogP contribution in [0, 0.1) is 13.8 Å². The summed E-state index contributed by atoms with van der Waals surface area (Å²) in [5.41, 5.74) is 2.33. The molecule has 0 spiro atoms. The molecule has 0 fully saturated rings. The molecule has 4 aromatic rings. The number of nitrogens with one attached hydrogen (secondary N) is 1. The van der Waals surface area contributed by atoms with Crippen LogP contribution in [0.4, 0.5) is 18.9 Å². The van der Waals surface area contributed by atoms with E-state index in [2.05, 4.69) is 25.6 Å². The lowest BCUT2D eigenvalue weighted by molar-refractivity contribution is -0.137. The molecule has 0 aliphatic heterocycles. The molecule has 0 bridgehead atoms. The van der Waals surface area contributed by atoms with Gasteiger partial charge in [0, 0.05) is 22.8 Å². The Kier molecular flexibility index (Phi) is 6.64. The fourth-order valence-corrected chi connectivity index (χ4v) is 4.15. The zero-order chi connectivity index (χ0) is 24.3. The van der Waals surface area contributed by atoms with Gasteiger partial charge >= 0.3 is 6.18 Å². The van der Waals surface area contributed by atoms with Crippen molar-refractivity contribution in [1.29, 1.82) is 0 Å². The van der Waals surface area contributed by atoms with Crippen LogP contribution in [0.3, 0.4) is 0 Å². The molecule has 0 saturated carbocycles. The molecule has 2 heterocycles. The summed E-state index contributed by atoms with van der Waals surface area (Å²) in [5.74, 6) is -0.292. The maximum atomic E-state index is 13.0. The van der Waals surface area contributed by atoms with Gasteiger partial charge in [0.15, 0.2) is 10.9 Å². The summed E-state index contributed by atoms with van der Waals surface area (Å²) in [6.07, 6.45) is -4.46. The second-order valence-corrected chi connectivity index (χ2v) is 8.33. The minimum Gasteiger partial charge on any atom is -0.321 e. The topological polar surface area (TPSA) is 85.6 Å². The van der Waals surface area contributed by atoms with Crippen molar-refractivity contribution in [2.75, 3.05) is 5.32 Å². The number of benzene rings is 2. The van der Waals surface area contributed by atoms with Gasteiger partial charge < -0.3 is 5.32 Å². The van der Waals surface area contributed by atoms with E-state index >= 15 is 0 Å². The molecule has 11 heteroatoms. The molecule has 2 aromatic heterocycles. The van der Waals surface area contributed by atoms with Crippen LogP contribution in [0.2, 0.25) is 0 Å². The molecule has 7 nitrogen and oxygen atoms in total. The maximum Gasteiger partial charge on any atom is 0.416 e. The van der Waals surface area contributed by atoms with Gasteiger partial charge in [-0.25, -0.2) is 14.6 Å². The lowest BCUT2D eigenvalue weighted by Crippen LogP contribution is -2.15. The molecule has 0 saturated heterocycles. The zero-order valence-electron chi connectivity index (χ0n) is 18.2. The van der Waals surface area contributed by atoms with E-state index in [4.69, 9.17) is 0 Å². The Morgan fingerprint density at radius 1 is 1.00 bits per heavy atom. The highest BCUT2D eigenvalue weighted by atomic mass is 32.2. The van der Waals surface area contributed by atoms with Gasteiger partial charge in [0.1, 0.15) is 0 Å². The first-order valence-corrected chi connectivity index (χ1v) is 11.1. The molecule has 0 aliphatic carbocycles. The molecule has 0 unspecified atom stereocenters. The van der Waals surface area contributed by atoms with Gasteiger partial charge in [-0.15, -0.1) is 5.10 Å². The summed E-state index contributed by atoms with van der Waals surface area (Å²) in [6.45, 7) is 3.74. The molecule has 1 amide bonds. The lowest BCUT2D eigenvalue weighted by Gasteiger charge is -2.10. The fourth-order valence-electron chi connectivity index (χ4n) is 3.21. The average molecular weight is 485 g/mol. The highest BCUT2D eigenvalue weighted by Crippen LogP contribution is 2.30. The van der Waals surface area contributed by atoms with Crippen LogP contribution in [0.5, 0.6) is 0 Å². The number of hydrogen-bond donors (Lipinski definition) is 1. The Bertz CT molecular complexity index is 1290. The van der Waals surface area contributed by atoms with E-state index in [1.165, 1.54) is 23.9 Å². The van der Waals surface area contributed by atoms with Crippen LogP contribution in [-0.2, 0) is 11.9 Å². The Labute approximate surface area is 197 Å². The van der Waals surface area contributed by atoms with Crippen molar-refractivity contribution in [3.63, 3.8) is 0 Å². The van der Waals surface area contributed by atoms with Crippen LogP contribution in [-0.4, -0.2) is 30.9 Å². The van der Waals surface area contributed by atoms with Crippen LogP contribution in [0.15, 0.2) is 65.8 Å². The number of aryl methyl sites for hydroxylation is 2. The van der Waals surface area contributed by atoms with E-state index in [9.17, 15) is 18.0 Å². The standard InChI is InChI=1S/C23H19F3N6OS/c1-14-12-15(2)28-22(27-14)34-13-19-20(30-31-32(19)18-6-4-3-5-7-18)21(33)29-17-10-8-16(9-11-17)23(24,25)26/h3-12H,13H2,1-2H3,(H,29,33). The van der Waals surface area contributed by atoms with Crippen LogP contribution < -0.4 is 5.32 Å². The zero-order valence-corrected chi connectivity index (χ0v) is 19.0. The summed E-state index contributed by atoms with van der Waals surface area (Å²) in [4.78, 5) is 21.8. The molecule has 1 N–H and O–H groups in total. The third-order valence-corrected chi connectivity index (χ3v) is 5.61. The Morgan fingerprint density at radius 3 is 2.26 bits per heavy atom. The van der Waals surface area contributed by atoms with Gasteiger partial charge in [-0.1, -0.05) is 35.2 Å². The van der Waals surface area contributed by atoms with Crippen molar-refractivity contribution >= 4 is 23.4 Å². The quantitative estimate of drug-likeness (QED) is 0.298. The normalized spacial score (nSPS) is 11.4. The van der Waals surface area contributed by atoms with E-state index in [0.29, 0.717) is 22.3 Å². The number of carbonyl (C=O) groups is 1. The molecule has 2 aromatic carbocycles. The number of halogens is 3. The van der Waals surface area contributed by atoms with E-state index in [1.807, 2.05) is 50.2 Å². The molecule has 4 rings (SSSR count). The van der Waals surface area contributed by atoms with Gasteiger partial charge in [-0.05, 0) is 56.3 Å². The fraction of sp³-hybridized carbons (Fsp3) is 0.174. The molecule has 0 atom stereocenters. The predicted octanol–water partition coefficient (Wildman–Crippen LogP) is 5.24. The van der Waals surface area contributed by atoms with E-state index in [-0.39, 0.29) is 11.4 Å². The highest BCUT2D eigenvalue weighted by Gasteiger charge is 2.30. The van der Waals surface area contributed by atoms with Crippen molar-refractivity contribution in [3.05, 3.63) is 89.0 Å². The largest absolute Gasteiger partial charge is 0.416 e. The van der Waals surface area contributed by atoms with Crippen LogP contribution >= 0.6 is 11.8 Å². The second kappa shape index (κ2) is 9.64. The third-order valence-electron chi connectivity index (χ3n) is 4.75. The number of amides is 1. The minimum atomic E-state index is -4.46. The molecule has 0 aliphatic rings. The van der Waals surface area contributed by atoms with Crippen molar-refractivity contribution in [2.45, 2.75) is 30.9 Å². The molecular weight excluding hydrogens is 465 g/mol. The number of aromatic nitrogens is 5. The van der Waals surface area contributed by atoms with Crippen molar-refractivity contribution in [2.24, 2.45) is 0 Å². The smallest absolute Gasteiger partial charge is 0.321 e. The Balaban J connectivity index is 1.62. The first kappa shape index (κ1) is 23.4. The number of para-hydroxylation sites is 1. The van der Waals surface area contributed by atoms with E-state index in [0.717, 1.165) is 23.5 Å². The summed E-state index contributed by atoms with van der Waals surface area (Å²) in [7, 11) is 0. The monoisotopic (exact) mass is 484 g/mol. The average Bonchev–Trinajstić information content (AvgIpc) is 3.21. The number of hydrogen-bond acceptors (Lipinski definition) is 6. The third kappa shape index (κ3) is 5.42. The van der Waals surface area contributed by atoms with Gasteiger partial charge in [0.05, 0.1) is 16.9 Å². The van der Waals surface area contributed by atoms with Gasteiger partial charge in [0.25, 0.3) is 5.91 Å². The molecule has 0 radical (unpaired) electrons. The second-order valence-electron chi connectivity index (χ2n) is 7.38. The first-order valence-electron chi connectivity index (χ1n) is 10.1. The highest BCUT2D eigenvalue weighted by molar-refractivity contribution is 7.98. The Hall–Kier alpha value is -3.73. The molecular formula is C23H19F3N6OS. The summed E-state index contributed by atoms with van der Waals surface area (Å²) in [6, 6.07) is 15.3. The van der Waals surface area contributed by atoms with Gasteiger partial charge in [-0.3, -0.25) is 4.79 Å². The molecule has 34 heavy (non-hydrogen) atoms. The van der Waals surface area contributed by atoms with Crippen LogP contribution in [0.25, 0.3) is 5.69 Å². The Morgan fingerprint density at radius 2 is 1.65 bits per heavy atom. The predicted molar refractivity (Wildman–Crippen MR) is 122 cm³/mol. The number of rotatable bonds is 6. The number of carbonyl (C=O) groups excluding carboxylic acids is 1. The lowest BCUT2D eigenvalue weighted by atomic mass is 10.2. The first-order chi connectivity index (χ1) is 16.2. The van der Waals surface area contributed by atoms with Crippen LogP contribution in [0.1, 0.15) is 33.1 Å². The summed E-state index contributed by atoms with van der Waals surface area (Å²) >= 11 is 1.33. The number of thioether (sulfide) groups is 1. The number of nitrogens with zero attached hydrogens (tertiary/aromatic N) is 5. The van der Waals surface area contributed by atoms with Crippen molar-refractivity contribution < 1.29 is 18.0 Å². The summed E-state index contributed by atoms with van der Waals surface area (Å²) < 4.78 is 40.0. The number of anilines is 1. The van der Waals surface area contributed by atoms with E-state index < -0.39 is 17.6 Å². The van der Waals surface area contributed by atoms with Gasteiger partial charge in [0.2, 0.25) is 0 Å².